The van der Waals surface area contributed by atoms with Gasteiger partial charge in [-0.05, 0) is 30.7 Å². The smallest absolute Gasteiger partial charge is 0.252 e. The highest BCUT2D eigenvalue weighted by Gasteiger charge is 2.15. The van der Waals surface area contributed by atoms with Crippen molar-refractivity contribution in [2.45, 2.75) is 37.0 Å². The predicted octanol–water partition coefficient (Wildman–Crippen LogP) is 4.07. The van der Waals surface area contributed by atoms with Crippen LogP contribution in [0.15, 0.2) is 53.7 Å². The largest absolute Gasteiger partial charge is 0.345 e. The lowest BCUT2D eigenvalue weighted by Crippen LogP contribution is -2.27. The zero-order valence-electron chi connectivity index (χ0n) is 12.5. The number of nitrogens with zero attached hydrogens (tertiary/aromatic N) is 1. The molecule has 4 heteroatoms. The van der Waals surface area contributed by atoms with Crippen molar-refractivity contribution in [3.05, 3.63) is 59.9 Å². The van der Waals surface area contributed by atoms with Gasteiger partial charge in [0.25, 0.3) is 5.91 Å². The molecule has 1 atom stereocenters. The Morgan fingerprint density at radius 3 is 2.57 bits per heavy atom. The van der Waals surface area contributed by atoms with Crippen molar-refractivity contribution in [3.8, 4) is 0 Å². The second kappa shape index (κ2) is 7.27. The lowest BCUT2D eigenvalue weighted by atomic mass is 10.1. The number of thioether (sulfide) groups is 1. The summed E-state index contributed by atoms with van der Waals surface area (Å²) in [4.78, 5) is 17.6. The number of amides is 1. The molecule has 1 aromatic heterocycles. The third-order valence-corrected chi connectivity index (χ3v) is 4.11. The van der Waals surface area contributed by atoms with Crippen LogP contribution < -0.4 is 5.32 Å². The van der Waals surface area contributed by atoms with Gasteiger partial charge < -0.3 is 5.32 Å². The average molecular weight is 300 g/mol. The maximum Gasteiger partial charge on any atom is 0.252 e. The summed E-state index contributed by atoms with van der Waals surface area (Å²) in [5.41, 5.74) is 1.73. The Morgan fingerprint density at radius 2 is 1.90 bits per heavy atom. The van der Waals surface area contributed by atoms with E-state index in [0.29, 0.717) is 5.25 Å². The molecule has 0 saturated heterocycles. The molecule has 0 radical (unpaired) electrons. The van der Waals surface area contributed by atoms with Crippen LogP contribution in [0, 0.1) is 0 Å². The van der Waals surface area contributed by atoms with Crippen molar-refractivity contribution in [1.29, 1.82) is 0 Å². The summed E-state index contributed by atoms with van der Waals surface area (Å²) in [7, 11) is 0. The van der Waals surface area contributed by atoms with Crippen molar-refractivity contribution >= 4 is 17.7 Å². The standard InChI is InChI=1S/C17H20N2OS/c1-12(2)21-16-9-5-4-8-15(16)17(20)19-13(3)14-7-6-10-18-11-14/h4-13H,1-3H3,(H,19,20). The molecule has 1 amide bonds. The molecule has 0 fully saturated rings. The number of carbonyl (C=O) groups excluding carboxylic acids is 1. The predicted molar refractivity (Wildman–Crippen MR) is 87.6 cm³/mol. The lowest BCUT2D eigenvalue weighted by molar-refractivity contribution is 0.0937. The van der Waals surface area contributed by atoms with E-state index in [2.05, 4.69) is 24.1 Å². The Hall–Kier alpha value is -1.81. The lowest BCUT2D eigenvalue weighted by Gasteiger charge is -2.16. The molecule has 110 valence electrons. The van der Waals surface area contributed by atoms with Crippen LogP contribution in [0.3, 0.4) is 0 Å². The van der Waals surface area contributed by atoms with Crippen molar-refractivity contribution in [2.24, 2.45) is 0 Å². The maximum absolute atomic E-state index is 12.5. The third-order valence-electron chi connectivity index (χ3n) is 3.03. The molecule has 0 spiro atoms. The van der Waals surface area contributed by atoms with Gasteiger partial charge in [0.1, 0.15) is 0 Å². The van der Waals surface area contributed by atoms with Crippen LogP contribution in [0.1, 0.15) is 42.7 Å². The van der Waals surface area contributed by atoms with Crippen molar-refractivity contribution in [3.63, 3.8) is 0 Å². The second-order valence-electron chi connectivity index (χ2n) is 5.14. The maximum atomic E-state index is 12.5. The van der Waals surface area contributed by atoms with Gasteiger partial charge in [-0.1, -0.05) is 32.0 Å². The summed E-state index contributed by atoms with van der Waals surface area (Å²) < 4.78 is 0. The van der Waals surface area contributed by atoms with Gasteiger partial charge in [0, 0.05) is 22.5 Å². The number of hydrogen-bond acceptors (Lipinski definition) is 3. The van der Waals surface area contributed by atoms with Gasteiger partial charge in [-0.3, -0.25) is 9.78 Å². The van der Waals surface area contributed by atoms with E-state index in [1.54, 1.807) is 24.2 Å². The summed E-state index contributed by atoms with van der Waals surface area (Å²) in [5.74, 6) is -0.0462. The first-order chi connectivity index (χ1) is 10.1. The van der Waals surface area contributed by atoms with E-state index < -0.39 is 0 Å². The number of rotatable bonds is 5. The normalized spacial score (nSPS) is 12.2. The average Bonchev–Trinajstić information content (AvgIpc) is 2.48. The molecule has 21 heavy (non-hydrogen) atoms. The first-order valence-electron chi connectivity index (χ1n) is 7.04. The van der Waals surface area contributed by atoms with E-state index in [4.69, 9.17) is 0 Å². The highest BCUT2D eigenvalue weighted by atomic mass is 32.2. The van der Waals surface area contributed by atoms with E-state index in [1.165, 1.54) is 0 Å². The molecule has 2 aromatic rings. The zero-order valence-corrected chi connectivity index (χ0v) is 13.4. The summed E-state index contributed by atoms with van der Waals surface area (Å²) in [5, 5.41) is 3.47. The molecule has 1 aromatic carbocycles. The number of hydrogen-bond donors (Lipinski definition) is 1. The van der Waals surface area contributed by atoms with E-state index in [0.717, 1.165) is 16.0 Å². The Morgan fingerprint density at radius 1 is 1.14 bits per heavy atom. The topological polar surface area (TPSA) is 42.0 Å². The minimum Gasteiger partial charge on any atom is -0.345 e. The first-order valence-corrected chi connectivity index (χ1v) is 7.92. The van der Waals surface area contributed by atoms with E-state index in [9.17, 15) is 4.79 Å². The van der Waals surface area contributed by atoms with Crippen LogP contribution in [0.5, 0.6) is 0 Å². The molecule has 1 heterocycles. The van der Waals surface area contributed by atoms with Crippen molar-refractivity contribution < 1.29 is 4.79 Å². The van der Waals surface area contributed by atoms with Gasteiger partial charge in [-0.15, -0.1) is 11.8 Å². The monoisotopic (exact) mass is 300 g/mol. The van der Waals surface area contributed by atoms with Gasteiger partial charge in [0.15, 0.2) is 0 Å². The molecule has 0 aliphatic carbocycles. The molecule has 0 aliphatic heterocycles. The minimum atomic E-state index is -0.0664. The van der Waals surface area contributed by atoms with E-state index in [-0.39, 0.29) is 11.9 Å². The van der Waals surface area contributed by atoms with Gasteiger partial charge in [-0.25, -0.2) is 0 Å². The van der Waals surface area contributed by atoms with Crippen molar-refractivity contribution in [1.82, 2.24) is 10.3 Å². The molecule has 0 aliphatic rings. The number of aromatic nitrogens is 1. The van der Waals surface area contributed by atoms with Crippen LogP contribution in [0.25, 0.3) is 0 Å². The highest BCUT2D eigenvalue weighted by molar-refractivity contribution is 8.00. The number of nitrogens with one attached hydrogen (secondary N) is 1. The summed E-state index contributed by atoms with van der Waals surface area (Å²) in [6.07, 6.45) is 3.51. The third kappa shape index (κ3) is 4.33. The van der Waals surface area contributed by atoms with Crippen molar-refractivity contribution in [2.75, 3.05) is 0 Å². The quantitative estimate of drug-likeness (QED) is 0.846. The molecule has 0 bridgehead atoms. The van der Waals surface area contributed by atoms with Crippen LogP contribution in [-0.2, 0) is 0 Å². The molecular weight excluding hydrogens is 280 g/mol. The van der Waals surface area contributed by atoms with Gasteiger partial charge in [0.2, 0.25) is 0 Å². The van der Waals surface area contributed by atoms with Gasteiger partial charge >= 0.3 is 0 Å². The number of pyridine rings is 1. The fourth-order valence-electron chi connectivity index (χ4n) is 2.00. The molecular formula is C17H20N2OS. The fourth-order valence-corrected chi connectivity index (χ4v) is 2.95. The highest BCUT2D eigenvalue weighted by Crippen LogP contribution is 2.26. The number of benzene rings is 1. The summed E-state index contributed by atoms with van der Waals surface area (Å²) in [6.45, 7) is 6.21. The van der Waals surface area contributed by atoms with Crippen LogP contribution >= 0.6 is 11.8 Å². The van der Waals surface area contributed by atoms with E-state index in [1.807, 2.05) is 43.3 Å². The Balaban J connectivity index is 2.14. The van der Waals surface area contributed by atoms with E-state index >= 15 is 0 Å². The number of carbonyl (C=O) groups is 1. The van der Waals surface area contributed by atoms with Gasteiger partial charge in [-0.2, -0.15) is 0 Å². The SMILES string of the molecule is CC(C)Sc1ccccc1C(=O)NC(C)c1cccnc1. The molecule has 0 saturated carbocycles. The first kappa shape index (κ1) is 15.6. The molecule has 1 N–H and O–H groups in total. The molecule has 2 rings (SSSR count). The Kier molecular flexibility index (Phi) is 5.39. The van der Waals surface area contributed by atoms with Crippen LogP contribution in [-0.4, -0.2) is 16.1 Å². The molecule has 3 nitrogen and oxygen atoms in total. The minimum absolute atomic E-state index is 0.0462. The summed E-state index contributed by atoms with van der Waals surface area (Å²) >= 11 is 1.70. The Bertz CT molecular complexity index is 599. The zero-order chi connectivity index (χ0) is 15.2. The van der Waals surface area contributed by atoms with Crippen LogP contribution in [0.4, 0.5) is 0 Å². The second-order valence-corrected chi connectivity index (χ2v) is 6.76. The molecule has 1 unspecified atom stereocenters. The fraction of sp³-hybridized carbons (Fsp3) is 0.294. The van der Waals surface area contributed by atoms with Crippen LogP contribution in [0.2, 0.25) is 0 Å². The van der Waals surface area contributed by atoms with Gasteiger partial charge in [0.05, 0.1) is 11.6 Å². The Labute approximate surface area is 130 Å². The summed E-state index contributed by atoms with van der Waals surface area (Å²) in [6, 6.07) is 11.5.